The van der Waals surface area contributed by atoms with E-state index in [1.54, 1.807) is 0 Å². The lowest BCUT2D eigenvalue weighted by atomic mass is 10.2. The number of aromatic nitrogens is 1. The van der Waals surface area contributed by atoms with Crippen LogP contribution in [0.5, 0.6) is 0 Å². The maximum atomic E-state index is 5.93. The van der Waals surface area contributed by atoms with Crippen LogP contribution in [-0.2, 0) is 6.54 Å². The highest BCUT2D eigenvalue weighted by Crippen LogP contribution is 2.22. The largest absolute Gasteiger partial charge is 0.439 e. The maximum Gasteiger partial charge on any atom is 0.209 e. The summed E-state index contributed by atoms with van der Waals surface area (Å²) < 4.78 is 5.80. The van der Waals surface area contributed by atoms with Crippen molar-refractivity contribution in [2.45, 2.75) is 32.9 Å². The number of rotatable bonds is 4. The van der Waals surface area contributed by atoms with Crippen molar-refractivity contribution in [3.63, 3.8) is 0 Å². The molecular weight excluding hydrogens is 264 g/mol. The summed E-state index contributed by atoms with van der Waals surface area (Å²) in [5.74, 6) is 0.764. The fourth-order valence-electron chi connectivity index (χ4n) is 2.90. The molecule has 1 aromatic heterocycles. The van der Waals surface area contributed by atoms with Crippen molar-refractivity contribution in [3.05, 3.63) is 24.1 Å². The van der Waals surface area contributed by atoms with Crippen LogP contribution in [0.2, 0.25) is 0 Å². The second kappa shape index (κ2) is 6.03. The first-order valence-electron chi connectivity index (χ1n) is 7.77. The first kappa shape index (κ1) is 14.4. The maximum absolute atomic E-state index is 5.93. The highest BCUT2D eigenvalue weighted by molar-refractivity contribution is 5.85. The molecule has 2 aromatic rings. The van der Waals surface area contributed by atoms with Gasteiger partial charge in [0.15, 0.2) is 5.58 Å². The Morgan fingerprint density at radius 2 is 2.05 bits per heavy atom. The molecule has 1 saturated heterocycles. The molecule has 0 radical (unpaired) electrons. The summed E-state index contributed by atoms with van der Waals surface area (Å²) in [6.45, 7) is 9.70. The number of anilines is 1. The van der Waals surface area contributed by atoms with Gasteiger partial charge in [0.05, 0.1) is 12.2 Å². The molecule has 1 aromatic carbocycles. The van der Waals surface area contributed by atoms with Crippen LogP contribution in [0.3, 0.4) is 0 Å². The lowest BCUT2D eigenvalue weighted by Gasteiger charge is -2.37. The van der Waals surface area contributed by atoms with Crippen LogP contribution >= 0.6 is 0 Å². The number of piperazine rings is 1. The first-order valence-corrected chi connectivity index (χ1v) is 7.77. The summed E-state index contributed by atoms with van der Waals surface area (Å²) in [5.41, 5.74) is 8.17. The van der Waals surface area contributed by atoms with Crippen LogP contribution in [0.4, 0.5) is 5.69 Å². The Morgan fingerprint density at radius 3 is 2.71 bits per heavy atom. The monoisotopic (exact) mass is 288 g/mol. The average molecular weight is 288 g/mol. The number of hydrogen-bond donors (Lipinski definition) is 1. The van der Waals surface area contributed by atoms with Gasteiger partial charge in [0.1, 0.15) is 5.52 Å². The summed E-state index contributed by atoms with van der Waals surface area (Å²) in [4.78, 5) is 9.49. The van der Waals surface area contributed by atoms with Gasteiger partial charge in [-0.25, -0.2) is 4.98 Å². The van der Waals surface area contributed by atoms with Gasteiger partial charge in [0.2, 0.25) is 5.89 Å². The molecule has 2 heterocycles. The van der Waals surface area contributed by atoms with Crippen LogP contribution in [0, 0.1) is 0 Å². The Morgan fingerprint density at radius 1 is 1.29 bits per heavy atom. The van der Waals surface area contributed by atoms with Crippen molar-refractivity contribution in [1.29, 1.82) is 0 Å². The first-order chi connectivity index (χ1) is 10.2. The van der Waals surface area contributed by atoms with Crippen molar-refractivity contribution < 1.29 is 4.42 Å². The van der Waals surface area contributed by atoms with E-state index < -0.39 is 0 Å². The summed E-state index contributed by atoms with van der Waals surface area (Å²) in [6.07, 6.45) is 1.21. The number of benzene rings is 1. The van der Waals surface area contributed by atoms with E-state index in [4.69, 9.17) is 10.2 Å². The van der Waals surface area contributed by atoms with Crippen LogP contribution in [0.25, 0.3) is 11.1 Å². The highest BCUT2D eigenvalue weighted by atomic mass is 16.3. The van der Waals surface area contributed by atoms with Gasteiger partial charge in [-0.05, 0) is 25.5 Å². The van der Waals surface area contributed by atoms with Gasteiger partial charge in [0.25, 0.3) is 0 Å². The molecule has 1 unspecified atom stereocenters. The molecule has 3 rings (SSSR count). The molecule has 114 valence electrons. The van der Waals surface area contributed by atoms with E-state index in [-0.39, 0.29) is 0 Å². The van der Waals surface area contributed by atoms with Crippen LogP contribution in [0.1, 0.15) is 26.2 Å². The van der Waals surface area contributed by atoms with Crippen LogP contribution < -0.4 is 5.73 Å². The summed E-state index contributed by atoms with van der Waals surface area (Å²) >= 11 is 0. The van der Waals surface area contributed by atoms with Crippen molar-refractivity contribution in [2.24, 2.45) is 0 Å². The molecular formula is C16H24N4O. The van der Waals surface area contributed by atoms with Gasteiger partial charge in [-0.2, -0.15) is 0 Å². The molecule has 0 spiro atoms. The van der Waals surface area contributed by atoms with E-state index in [9.17, 15) is 0 Å². The molecule has 21 heavy (non-hydrogen) atoms. The summed E-state index contributed by atoms with van der Waals surface area (Å²) in [7, 11) is 0. The Balaban J connectivity index is 1.63. The Labute approximate surface area is 125 Å². The molecule has 1 aliphatic heterocycles. The third kappa shape index (κ3) is 3.04. The molecule has 0 bridgehead atoms. The second-order valence-electron chi connectivity index (χ2n) is 5.87. The van der Waals surface area contributed by atoms with Crippen LogP contribution in [0.15, 0.2) is 22.6 Å². The average Bonchev–Trinajstić information content (AvgIpc) is 2.91. The second-order valence-corrected chi connectivity index (χ2v) is 5.87. The molecule has 5 nitrogen and oxygen atoms in total. The van der Waals surface area contributed by atoms with E-state index in [1.165, 1.54) is 6.42 Å². The highest BCUT2D eigenvalue weighted by Gasteiger charge is 2.21. The van der Waals surface area contributed by atoms with E-state index in [2.05, 4.69) is 28.6 Å². The van der Waals surface area contributed by atoms with Crippen molar-refractivity contribution in [2.75, 3.05) is 31.9 Å². The minimum atomic E-state index is 0.677. The standard InChI is InChI=1S/C16H24N4O/c1-3-12(2)20-9-7-19(8-10-20)11-15-18-16-13(17)5-4-6-14(16)21-15/h4-6,12H,3,7-11,17H2,1-2H3. The van der Waals surface area contributed by atoms with Gasteiger partial charge in [0, 0.05) is 32.2 Å². The van der Waals surface area contributed by atoms with E-state index >= 15 is 0 Å². The SMILES string of the molecule is CCC(C)N1CCN(Cc2nc3c(N)cccc3o2)CC1. The molecule has 2 N–H and O–H groups in total. The third-order valence-electron chi connectivity index (χ3n) is 4.47. The Hall–Kier alpha value is -1.59. The van der Waals surface area contributed by atoms with Crippen molar-refractivity contribution in [3.8, 4) is 0 Å². The fourth-order valence-corrected chi connectivity index (χ4v) is 2.90. The number of oxazole rings is 1. The molecule has 5 heteroatoms. The van der Waals surface area contributed by atoms with E-state index in [1.807, 2.05) is 18.2 Å². The van der Waals surface area contributed by atoms with E-state index in [0.29, 0.717) is 11.7 Å². The zero-order chi connectivity index (χ0) is 14.8. The number of nitrogens with two attached hydrogens (primary N) is 1. The summed E-state index contributed by atoms with van der Waals surface area (Å²) in [6, 6.07) is 6.36. The van der Waals surface area contributed by atoms with Gasteiger partial charge < -0.3 is 10.2 Å². The number of hydrogen-bond acceptors (Lipinski definition) is 5. The van der Waals surface area contributed by atoms with Gasteiger partial charge >= 0.3 is 0 Å². The minimum absolute atomic E-state index is 0.677. The van der Waals surface area contributed by atoms with Crippen molar-refractivity contribution >= 4 is 16.8 Å². The molecule has 0 aliphatic carbocycles. The smallest absolute Gasteiger partial charge is 0.209 e. The van der Waals surface area contributed by atoms with Crippen LogP contribution in [-0.4, -0.2) is 47.0 Å². The zero-order valence-electron chi connectivity index (χ0n) is 12.9. The Bertz CT molecular complexity index is 601. The predicted molar refractivity (Wildman–Crippen MR) is 85.0 cm³/mol. The van der Waals surface area contributed by atoms with Gasteiger partial charge in [-0.3, -0.25) is 9.80 Å². The molecule has 1 fully saturated rings. The number of nitrogens with zero attached hydrogens (tertiary/aromatic N) is 3. The fraction of sp³-hybridized carbons (Fsp3) is 0.562. The van der Waals surface area contributed by atoms with Gasteiger partial charge in [-0.15, -0.1) is 0 Å². The number of para-hydroxylation sites is 1. The summed E-state index contributed by atoms with van der Waals surface area (Å²) in [5, 5.41) is 0. The number of nitrogen functional groups attached to an aromatic ring is 1. The number of fused-ring (bicyclic) bond motifs is 1. The topological polar surface area (TPSA) is 58.5 Å². The lowest BCUT2D eigenvalue weighted by molar-refractivity contribution is 0.0912. The van der Waals surface area contributed by atoms with Crippen molar-refractivity contribution in [1.82, 2.24) is 14.8 Å². The lowest BCUT2D eigenvalue weighted by Crippen LogP contribution is -2.49. The van der Waals surface area contributed by atoms with E-state index in [0.717, 1.165) is 49.7 Å². The Kier molecular flexibility index (Phi) is 4.12. The molecule has 1 aliphatic rings. The minimum Gasteiger partial charge on any atom is -0.439 e. The molecule has 1 atom stereocenters. The zero-order valence-corrected chi connectivity index (χ0v) is 12.9. The third-order valence-corrected chi connectivity index (χ3v) is 4.47. The normalized spacial score (nSPS) is 19.1. The quantitative estimate of drug-likeness (QED) is 0.875. The molecule has 0 amide bonds. The van der Waals surface area contributed by atoms with Gasteiger partial charge in [-0.1, -0.05) is 13.0 Å². The molecule has 0 saturated carbocycles. The predicted octanol–water partition coefficient (Wildman–Crippen LogP) is 2.33.